The first-order valence-electron chi connectivity index (χ1n) is 8.05. The van der Waals surface area contributed by atoms with E-state index in [0.717, 1.165) is 6.07 Å². The second-order valence-electron chi connectivity index (χ2n) is 6.15. The molecule has 0 spiro atoms. The van der Waals surface area contributed by atoms with Crippen molar-refractivity contribution >= 4 is 11.6 Å². The highest BCUT2D eigenvalue weighted by Crippen LogP contribution is 2.41. The summed E-state index contributed by atoms with van der Waals surface area (Å²) in [5.74, 6) is -1.31. The Bertz CT molecular complexity index is 956. The molecule has 1 unspecified atom stereocenters. The number of non-ortho nitro benzene ring substituents is 1. The topological polar surface area (TPSA) is 118 Å². The third-order valence-electron chi connectivity index (χ3n) is 4.06. The highest BCUT2D eigenvalue weighted by Gasteiger charge is 2.63. The van der Waals surface area contributed by atoms with Crippen molar-refractivity contribution in [3.05, 3.63) is 70.3 Å². The standard InChI is InChI=1S/C17H14F3N3O6/c1-10-8-16(25,17(18,19)20)22(21-10)15(24)14-7-6-13(29-14)9-28-12-4-2-11(3-5-12)23(26)27/h2-7,21,25H,1,8-9H2. The van der Waals surface area contributed by atoms with Crippen LogP contribution < -0.4 is 10.2 Å². The zero-order chi connectivity index (χ0) is 21.4. The van der Waals surface area contributed by atoms with Crippen molar-refractivity contribution in [3.8, 4) is 5.75 Å². The maximum absolute atomic E-state index is 13.2. The van der Waals surface area contributed by atoms with Gasteiger partial charge < -0.3 is 14.3 Å². The number of rotatable bonds is 5. The lowest BCUT2D eigenvalue weighted by molar-refractivity contribution is -0.384. The van der Waals surface area contributed by atoms with Crippen LogP contribution in [0.15, 0.2) is 53.1 Å². The van der Waals surface area contributed by atoms with Crippen molar-refractivity contribution in [2.45, 2.75) is 24.9 Å². The Morgan fingerprint density at radius 1 is 1.34 bits per heavy atom. The van der Waals surface area contributed by atoms with Crippen molar-refractivity contribution in [2.75, 3.05) is 0 Å². The molecule has 2 heterocycles. The van der Waals surface area contributed by atoms with Crippen LogP contribution in [0.2, 0.25) is 0 Å². The van der Waals surface area contributed by atoms with Crippen molar-refractivity contribution < 1.29 is 37.1 Å². The van der Waals surface area contributed by atoms with Crippen LogP contribution in [0.3, 0.4) is 0 Å². The second kappa shape index (κ2) is 7.13. The largest absolute Gasteiger partial charge is 0.486 e. The van der Waals surface area contributed by atoms with Gasteiger partial charge in [0.2, 0.25) is 0 Å². The lowest BCUT2D eigenvalue weighted by Gasteiger charge is -2.32. The number of hydrogen-bond acceptors (Lipinski definition) is 7. The van der Waals surface area contributed by atoms with Crippen molar-refractivity contribution in [1.29, 1.82) is 0 Å². The minimum Gasteiger partial charge on any atom is -0.486 e. The van der Waals surface area contributed by atoms with E-state index in [2.05, 4.69) is 12.0 Å². The molecule has 0 bridgehead atoms. The number of carbonyl (C=O) groups is 1. The number of nitro benzene ring substituents is 1. The summed E-state index contributed by atoms with van der Waals surface area (Å²) in [5.41, 5.74) is -1.66. The predicted molar refractivity (Wildman–Crippen MR) is 90.2 cm³/mol. The third-order valence-corrected chi connectivity index (χ3v) is 4.06. The number of nitrogens with zero attached hydrogens (tertiary/aromatic N) is 2. The minimum absolute atomic E-state index is 0.0229. The molecule has 29 heavy (non-hydrogen) atoms. The van der Waals surface area contributed by atoms with Gasteiger partial charge in [-0.2, -0.15) is 13.2 Å². The average molecular weight is 413 g/mol. The Kier molecular flexibility index (Phi) is 4.96. The second-order valence-corrected chi connectivity index (χ2v) is 6.15. The van der Waals surface area contributed by atoms with Gasteiger partial charge in [0.05, 0.1) is 4.92 Å². The summed E-state index contributed by atoms with van der Waals surface area (Å²) in [7, 11) is 0. The minimum atomic E-state index is -5.12. The molecule has 154 valence electrons. The van der Waals surface area contributed by atoms with Crippen LogP contribution in [0.4, 0.5) is 18.9 Å². The highest BCUT2D eigenvalue weighted by molar-refractivity contribution is 5.92. The molecule has 1 aromatic carbocycles. The molecule has 9 nitrogen and oxygen atoms in total. The Labute approximate surface area is 161 Å². The Morgan fingerprint density at radius 3 is 2.59 bits per heavy atom. The number of halogens is 3. The van der Waals surface area contributed by atoms with Gasteiger partial charge in [-0.1, -0.05) is 6.58 Å². The van der Waals surface area contributed by atoms with E-state index in [9.17, 15) is 33.2 Å². The van der Waals surface area contributed by atoms with Crippen LogP contribution in [0, 0.1) is 10.1 Å². The van der Waals surface area contributed by atoms with E-state index in [0.29, 0.717) is 0 Å². The summed E-state index contributed by atoms with van der Waals surface area (Å²) in [4.78, 5) is 22.4. The van der Waals surface area contributed by atoms with Gasteiger partial charge in [-0.25, -0.2) is 5.01 Å². The SMILES string of the molecule is C=C1CC(O)(C(F)(F)F)N(C(=O)c2ccc(COc3ccc([N+](=O)[O-])cc3)o2)N1. The lowest BCUT2D eigenvalue weighted by Crippen LogP contribution is -2.59. The summed E-state index contributed by atoms with van der Waals surface area (Å²) < 4.78 is 50.2. The van der Waals surface area contributed by atoms with Crippen LogP contribution in [0.25, 0.3) is 0 Å². The molecule has 1 aliphatic rings. The van der Waals surface area contributed by atoms with Crippen LogP contribution >= 0.6 is 0 Å². The first-order chi connectivity index (χ1) is 13.5. The normalized spacial score (nSPS) is 19.2. The van der Waals surface area contributed by atoms with E-state index < -0.39 is 34.9 Å². The Balaban J connectivity index is 1.70. The first-order valence-corrected chi connectivity index (χ1v) is 8.05. The molecule has 3 rings (SSSR count). The van der Waals surface area contributed by atoms with E-state index >= 15 is 0 Å². The van der Waals surface area contributed by atoms with Crippen molar-refractivity contribution in [2.24, 2.45) is 0 Å². The number of amides is 1. The maximum atomic E-state index is 13.2. The summed E-state index contributed by atoms with van der Waals surface area (Å²) in [6, 6.07) is 7.63. The van der Waals surface area contributed by atoms with Crippen LogP contribution in [-0.2, 0) is 6.61 Å². The molecule has 1 aliphatic heterocycles. The lowest BCUT2D eigenvalue weighted by atomic mass is 10.1. The van der Waals surface area contributed by atoms with E-state index in [1.54, 1.807) is 0 Å². The molecule has 12 heteroatoms. The van der Waals surface area contributed by atoms with Gasteiger partial charge in [-0.05, 0) is 24.3 Å². The third kappa shape index (κ3) is 3.87. The van der Waals surface area contributed by atoms with E-state index in [1.807, 2.05) is 0 Å². The fraction of sp³-hybridized carbons (Fsp3) is 0.235. The quantitative estimate of drug-likeness (QED) is 0.572. The zero-order valence-electron chi connectivity index (χ0n) is 14.6. The van der Waals surface area contributed by atoms with Gasteiger partial charge in [0.25, 0.3) is 11.4 Å². The molecule has 2 aromatic rings. The molecule has 0 saturated carbocycles. The van der Waals surface area contributed by atoms with Gasteiger partial charge in [-0.15, -0.1) is 0 Å². The number of furan rings is 1. The molecule has 1 saturated heterocycles. The van der Waals surface area contributed by atoms with Crippen LogP contribution in [0.1, 0.15) is 22.7 Å². The number of hydrogen-bond donors (Lipinski definition) is 2. The Hall–Kier alpha value is -3.54. The van der Waals surface area contributed by atoms with E-state index in [4.69, 9.17) is 9.15 Å². The highest BCUT2D eigenvalue weighted by atomic mass is 19.4. The number of ether oxygens (including phenoxy) is 1. The van der Waals surface area contributed by atoms with Crippen LogP contribution in [0.5, 0.6) is 5.75 Å². The number of benzene rings is 1. The molecule has 1 amide bonds. The van der Waals surface area contributed by atoms with Crippen molar-refractivity contribution in [3.63, 3.8) is 0 Å². The van der Waals surface area contributed by atoms with Crippen LogP contribution in [-0.4, -0.2) is 32.8 Å². The number of carbonyl (C=O) groups excluding carboxylic acids is 1. The fourth-order valence-corrected chi connectivity index (χ4v) is 2.61. The van der Waals surface area contributed by atoms with E-state index in [1.165, 1.54) is 30.3 Å². The number of nitrogens with one attached hydrogen (secondary N) is 1. The Morgan fingerprint density at radius 2 is 2.00 bits per heavy atom. The number of hydrazine groups is 1. The van der Waals surface area contributed by atoms with Gasteiger partial charge in [0.15, 0.2) is 5.76 Å². The molecule has 1 fully saturated rings. The van der Waals surface area contributed by atoms with Gasteiger partial charge in [0, 0.05) is 24.3 Å². The number of alkyl halides is 3. The predicted octanol–water partition coefficient (Wildman–Crippen LogP) is 2.88. The molecule has 2 N–H and O–H groups in total. The summed E-state index contributed by atoms with van der Waals surface area (Å²) in [6.45, 7) is 3.13. The fourth-order valence-electron chi connectivity index (χ4n) is 2.61. The monoisotopic (exact) mass is 413 g/mol. The smallest absolute Gasteiger partial charge is 0.438 e. The zero-order valence-corrected chi connectivity index (χ0v) is 14.6. The van der Waals surface area contributed by atoms with Crippen molar-refractivity contribution in [1.82, 2.24) is 10.4 Å². The summed E-state index contributed by atoms with van der Waals surface area (Å²) in [5, 5.41) is 20.6. The number of nitro groups is 1. The molecule has 0 radical (unpaired) electrons. The average Bonchev–Trinajstić information content (AvgIpc) is 3.24. The molecular weight excluding hydrogens is 399 g/mol. The summed E-state index contributed by atoms with van der Waals surface area (Å²) in [6.07, 6.45) is -6.04. The molecular formula is C17H14F3N3O6. The van der Waals surface area contributed by atoms with E-state index in [-0.39, 0.29) is 34.5 Å². The van der Waals surface area contributed by atoms with Gasteiger partial charge >= 0.3 is 12.1 Å². The molecule has 1 atom stereocenters. The summed E-state index contributed by atoms with van der Waals surface area (Å²) >= 11 is 0. The molecule has 0 aliphatic carbocycles. The first kappa shape index (κ1) is 20.2. The molecule has 1 aromatic heterocycles. The number of aliphatic hydroxyl groups is 1. The van der Waals surface area contributed by atoms with Gasteiger partial charge in [-0.3, -0.25) is 20.3 Å². The maximum Gasteiger partial charge on any atom is 0.438 e. The van der Waals surface area contributed by atoms with Gasteiger partial charge in [0.1, 0.15) is 18.1 Å².